The zero-order chi connectivity index (χ0) is 9.26. The zero-order valence-corrected chi connectivity index (χ0v) is 7.34. The average molecular weight is 194 g/mol. The zero-order valence-electron chi connectivity index (χ0n) is 6.52. The summed E-state index contributed by atoms with van der Waals surface area (Å²) in [4.78, 5) is 11.2. The van der Waals surface area contributed by atoms with Crippen LogP contribution >= 0.6 is 11.5 Å². The van der Waals surface area contributed by atoms with Gasteiger partial charge in [0.2, 0.25) is 0 Å². The van der Waals surface area contributed by atoms with Crippen LogP contribution in [0.25, 0.3) is 10.2 Å². The lowest BCUT2D eigenvalue weighted by molar-refractivity contribution is 0.0955. The van der Waals surface area contributed by atoms with E-state index in [1.165, 1.54) is 11.5 Å². The molecule has 5 nitrogen and oxygen atoms in total. The van der Waals surface area contributed by atoms with Crippen molar-refractivity contribution in [3.05, 3.63) is 23.8 Å². The summed E-state index contributed by atoms with van der Waals surface area (Å²) in [6.45, 7) is 0. The summed E-state index contributed by atoms with van der Waals surface area (Å²) in [5, 5.41) is 3.84. The lowest BCUT2D eigenvalue weighted by Crippen LogP contribution is -2.30. The van der Waals surface area contributed by atoms with Gasteiger partial charge in [0.25, 0.3) is 5.91 Å². The molecule has 0 saturated heterocycles. The third kappa shape index (κ3) is 1.25. The number of carbonyl (C=O) groups excluding carboxylic acids is 1. The maximum Gasteiger partial charge on any atom is 0.267 e. The number of nitrogen functional groups attached to an aromatic ring is 1. The van der Waals surface area contributed by atoms with Gasteiger partial charge in [0.15, 0.2) is 0 Å². The van der Waals surface area contributed by atoms with Crippen LogP contribution in [-0.2, 0) is 0 Å². The molecule has 6 heteroatoms. The first-order valence-electron chi connectivity index (χ1n) is 3.55. The maximum atomic E-state index is 11.2. The minimum absolute atomic E-state index is 0.349. The second-order valence-electron chi connectivity index (χ2n) is 2.40. The maximum absolute atomic E-state index is 11.2. The Morgan fingerprint density at radius 2 is 2.38 bits per heavy atom. The number of hydrogen-bond donors (Lipinski definition) is 2. The van der Waals surface area contributed by atoms with Gasteiger partial charge < -0.3 is 0 Å². The predicted octanol–water partition coefficient (Wildman–Crippen LogP) is 0.295. The van der Waals surface area contributed by atoms with Crippen molar-refractivity contribution in [1.29, 1.82) is 0 Å². The number of carbonyl (C=O) groups is 1. The number of fused-ring (bicyclic) bond motifs is 1. The Balaban J connectivity index is 2.67. The van der Waals surface area contributed by atoms with E-state index in [9.17, 15) is 4.79 Å². The highest BCUT2D eigenvalue weighted by atomic mass is 32.1. The Morgan fingerprint density at radius 1 is 1.54 bits per heavy atom. The highest BCUT2D eigenvalue weighted by Crippen LogP contribution is 2.18. The summed E-state index contributed by atoms with van der Waals surface area (Å²) in [7, 11) is 0. The molecular weight excluding hydrogens is 188 g/mol. The molecule has 2 aromatic rings. The Labute approximate surface area is 77.7 Å². The summed E-state index contributed by atoms with van der Waals surface area (Å²) < 4.78 is 4.63. The van der Waals surface area contributed by atoms with E-state index < -0.39 is 0 Å². The van der Waals surface area contributed by atoms with E-state index in [2.05, 4.69) is 15.0 Å². The fraction of sp³-hybridized carbons (Fsp3) is 0. The van der Waals surface area contributed by atoms with Crippen molar-refractivity contribution < 1.29 is 4.79 Å². The van der Waals surface area contributed by atoms with Crippen LogP contribution in [0.2, 0.25) is 0 Å². The van der Waals surface area contributed by atoms with Gasteiger partial charge in [-0.15, -0.1) is 5.10 Å². The molecule has 0 radical (unpaired) electrons. The van der Waals surface area contributed by atoms with E-state index in [4.69, 9.17) is 5.84 Å². The average Bonchev–Trinajstić information content (AvgIpc) is 2.63. The van der Waals surface area contributed by atoms with Crippen LogP contribution in [0, 0.1) is 0 Å². The highest BCUT2D eigenvalue weighted by molar-refractivity contribution is 7.13. The first-order valence-corrected chi connectivity index (χ1v) is 4.32. The molecule has 0 unspecified atom stereocenters. The number of amides is 1. The normalized spacial score (nSPS) is 10.2. The van der Waals surface area contributed by atoms with E-state index >= 15 is 0 Å². The number of rotatable bonds is 1. The van der Waals surface area contributed by atoms with Gasteiger partial charge in [0.05, 0.1) is 10.3 Å². The molecular formula is C7H6N4OS. The van der Waals surface area contributed by atoms with Gasteiger partial charge in [-0.2, -0.15) is 0 Å². The van der Waals surface area contributed by atoms with E-state index in [1.807, 2.05) is 6.07 Å². The van der Waals surface area contributed by atoms with Gasteiger partial charge in [-0.25, -0.2) is 5.84 Å². The quantitative estimate of drug-likeness (QED) is 0.388. The van der Waals surface area contributed by atoms with Crippen LogP contribution in [0.4, 0.5) is 0 Å². The smallest absolute Gasteiger partial charge is 0.267 e. The van der Waals surface area contributed by atoms with E-state index in [0.717, 1.165) is 4.70 Å². The van der Waals surface area contributed by atoms with Crippen molar-refractivity contribution >= 4 is 27.7 Å². The highest BCUT2D eigenvalue weighted by Gasteiger charge is 2.10. The number of aromatic nitrogens is 2. The van der Waals surface area contributed by atoms with Gasteiger partial charge in [-0.05, 0) is 23.7 Å². The van der Waals surface area contributed by atoms with Gasteiger partial charge in [-0.3, -0.25) is 10.2 Å². The Morgan fingerprint density at radius 3 is 3.15 bits per heavy atom. The SMILES string of the molecule is NNC(=O)c1cccc2snnc12. The Bertz CT molecular complexity index is 452. The lowest BCUT2D eigenvalue weighted by atomic mass is 10.2. The third-order valence-electron chi connectivity index (χ3n) is 1.65. The third-order valence-corrected chi connectivity index (χ3v) is 2.34. The summed E-state index contributed by atoms with van der Waals surface area (Å²) in [5.74, 6) is 4.67. The molecule has 0 bridgehead atoms. The van der Waals surface area contributed by atoms with Crippen molar-refractivity contribution in [1.82, 2.24) is 15.0 Å². The molecule has 0 aliphatic heterocycles. The fourth-order valence-corrected chi connectivity index (χ4v) is 1.65. The molecule has 13 heavy (non-hydrogen) atoms. The number of nitrogens with one attached hydrogen (secondary N) is 1. The minimum atomic E-state index is -0.349. The molecule has 1 aromatic heterocycles. The topological polar surface area (TPSA) is 80.9 Å². The standard InChI is InChI=1S/C7H6N4OS/c8-9-7(12)4-2-1-3-5-6(4)10-11-13-5/h1-3H,8H2,(H,9,12). The van der Waals surface area contributed by atoms with Crippen LogP contribution in [0.1, 0.15) is 10.4 Å². The largest absolute Gasteiger partial charge is 0.290 e. The molecule has 0 saturated carbocycles. The molecule has 3 N–H and O–H groups in total. The molecule has 2 rings (SSSR count). The first-order chi connectivity index (χ1) is 6.33. The van der Waals surface area contributed by atoms with Gasteiger partial charge in [-0.1, -0.05) is 10.6 Å². The van der Waals surface area contributed by atoms with E-state index in [0.29, 0.717) is 11.1 Å². The predicted molar refractivity (Wildman–Crippen MR) is 49.1 cm³/mol. The Hall–Kier alpha value is -1.53. The lowest BCUT2D eigenvalue weighted by Gasteiger charge is -1.98. The number of nitrogens with two attached hydrogens (primary N) is 1. The van der Waals surface area contributed by atoms with E-state index in [1.54, 1.807) is 12.1 Å². The molecule has 0 fully saturated rings. The monoisotopic (exact) mass is 194 g/mol. The first kappa shape index (κ1) is 8.09. The minimum Gasteiger partial charge on any atom is -0.290 e. The number of benzene rings is 1. The van der Waals surface area contributed by atoms with Crippen LogP contribution in [0.3, 0.4) is 0 Å². The van der Waals surface area contributed by atoms with E-state index in [-0.39, 0.29) is 5.91 Å². The summed E-state index contributed by atoms with van der Waals surface area (Å²) in [6.07, 6.45) is 0. The molecule has 1 aromatic carbocycles. The molecule has 1 heterocycles. The number of nitrogens with zero attached hydrogens (tertiary/aromatic N) is 2. The molecule has 0 atom stereocenters. The molecule has 0 aliphatic rings. The van der Waals surface area contributed by atoms with Gasteiger partial charge >= 0.3 is 0 Å². The number of hydrogen-bond acceptors (Lipinski definition) is 5. The van der Waals surface area contributed by atoms with Gasteiger partial charge in [0.1, 0.15) is 5.52 Å². The second kappa shape index (κ2) is 3.08. The number of hydrazine groups is 1. The molecule has 66 valence electrons. The van der Waals surface area contributed by atoms with Gasteiger partial charge in [0, 0.05) is 0 Å². The molecule has 0 spiro atoms. The summed E-state index contributed by atoms with van der Waals surface area (Å²) >= 11 is 1.25. The van der Waals surface area contributed by atoms with Crippen molar-refractivity contribution in [3.63, 3.8) is 0 Å². The van der Waals surface area contributed by atoms with Crippen LogP contribution in [0.5, 0.6) is 0 Å². The van der Waals surface area contributed by atoms with Crippen LogP contribution in [-0.4, -0.2) is 15.5 Å². The van der Waals surface area contributed by atoms with Crippen molar-refractivity contribution in [2.24, 2.45) is 5.84 Å². The molecule has 1 amide bonds. The summed E-state index contributed by atoms with van der Waals surface area (Å²) in [5.41, 5.74) is 3.11. The Kier molecular flexibility index (Phi) is 1.91. The second-order valence-corrected chi connectivity index (χ2v) is 3.18. The summed E-state index contributed by atoms with van der Waals surface area (Å²) in [6, 6.07) is 5.28. The van der Waals surface area contributed by atoms with Crippen molar-refractivity contribution in [2.75, 3.05) is 0 Å². The van der Waals surface area contributed by atoms with Crippen molar-refractivity contribution in [2.45, 2.75) is 0 Å². The molecule has 0 aliphatic carbocycles. The fourth-order valence-electron chi connectivity index (χ4n) is 1.07. The van der Waals surface area contributed by atoms with Crippen molar-refractivity contribution in [3.8, 4) is 0 Å². The van der Waals surface area contributed by atoms with Crippen LogP contribution < -0.4 is 11.3 Å². The van der Waals surface area contributed by atoms with Crippen LogP contribution in [0.15, 0.2) is 18.2 Å².